The molecular formula is C24H22N2O3S. The van der Waals surface area contributed by atoms with Crippen molar-refractivity contribution >= 4 is 21.5 Å². The minimum Gasteiger partial charge on any atom is -0.389 e. The number of hydrogen-bond donors (Lipinski definition) is 1. The minimum absolute atomic E-state index is 0.162. The number of rotatable bonds is 6. The maximum absolute atomic E-state index is 13.4. The summed E-state index contributed by atoms with van der Waals surface area (Å²) in [6, 6.07) is 26.1. The first-order chi connectivity index (χ1) is 14.6. The van der Waals surface area contributed by atoms with E-state index in [9.17, 15) is 13.2 Å². The van der Waals surface area contributed by atoms with Gasteiger partial charge in [0.05, 0.1) is 12.2 Å². The lowest BCUT2D eigenvalue weighted by Gasteiger charge is -2.31. The number of ketones is 1. The van der Waals surface area contributed by atoms with Crippen LogP contribution in [0.4, 0.5) is 5.69 Å². The highest BCUT2D eigenvalue weighted by Crippen LogP contribution is 2.35. The molecule has 1 aliphatic heterocycles. The van der Waals surface area contributed by atoms with Crippen molar-refractivity contribution in [2.45, 2.75) is 13.0 Å². The third-order valence-electron chi connectivity index (χ3n) is 5.01. The van der Waals surface area contributed by atoms with E-state index in [2.05, 4.69) is 5.32 Å². The predicted molar refractivity (Wildman–Crippen MR) is 119 cm³/mol. The first-order valence-electron chi connectivity index (χ1n) is 9.75. The van der Waals surface area contributed by atoms with Gasteiger partial charge in [0.25, 0.3) is 10.0 Å². The number of sulfonamides is 1. The van der Waals surface area contributed by atoms with Crippen molar-refractivity contribution in [3.63, 3.8) is 0 Å². The SMILES string of the molecule is O=C1/C(=C\NCCc2ccccc2)S(=O)(=O)N(Cc2ccccc2)c2ccccc21. The lowest BCUT2D eigenvalue weighted by molar-refractivity contribution is 0.104. The Bertz CT molecular complexity index is 1170. The fourth-order valence-electron chi connectivity index (χ4n) is 3.47. The van der Waals surface area contributed by atoms with Gasteiger partial charge in [0.2, 0.25) is 5.78 Å². The Labute approximate surface area is 176 Å². The molecule has 0 radical (unpaired) electrons. The summed E-state index contributed by atoms with van der Waals surface area (Å²) >= 11 is 0. The van der Waals surface area contributed by atoms with Gasteiger partial charge in [-0.15, -0.1) is 0 Å². The third-order valence-corrected chi connectivity index (χ3v) is 6.78. The van der Waals surface area contributed by atoms with Gasteiger partial charge in [-0.25, -0.2) is 8.42 Å². The lowest BCUT2D eigenvalue weighted by atomic mass is 10.1. The Morgan fingerprint density at radius 1 is 0.800 bits per heavy atom. The van der Waals surface area contributed by atoms with Crippen molar-refractivity contribution in [2.75, 3.05) is 10.8 Å². The summed E-state index contributed by atoms with van der Waals surface area (Å²) in [6.07, 6.45) is 2.07. The second-order valence-corrected chi connectivity index (χ2v) is 8.87. The van der Waals surface area contributed by atoms with E-state index < -0.39 is 15.8 Å². The highest BCUT2D eigenvalue weighted by atomic mass is 32.2. The molecule has 0 aromatic heterocycles. The summed E-state index contributed by atoms with van der Waals surface area (Å²) in [4.78, 5) is 12.7. The molecule has 0 bridgehead atoms. The summed E-state index contributed by atoms with van der Waals surface area (Å²) in [6.45, 7) is 0.686. The highest BCUT2D eigenvalue weighted by Gasteiger charge is 2.39. The molecule has 152 valence electrons. The van der Waals surface area contributed by atoms with Crippen molar-refractivity contribution in [1.82, 2.24) is 5.32 Å². The van der Waals surface area contributed by atoms with Crippen LogP contribution in [0, 0.1) is 0 Å². The monoisotopic (exact) mass is 418 g/mol. The number of fused-ring (bicyclic) bond motifs is 1. The summed E-state index contributed by atoms with van der Waals surface area (Å²) in [7, 11) is -3.99. The number of carbonyl (C=O) groups is 1. The smallest absolute Gasteiger partial charge is 0.270 e. The van der Waals surface area contributed by atoms with Gasteiger partial charge in [-0.1, -0.05) is 72.8 Å². The van der Waals surface area contributed by atoms with Gasteiger partial charge in [0, 0.05) is 18.3 Å². The van der Waals surface area contributed by atoms with Crippen LogP contribution < -0.4 is 9.62 Å². The maximum atomic E-state index is 13.4. The Balaban J connectivity index is 1.63. The predicted octanol–water partition coefficient (Wildman–Crippen LogP) is 3.89. The largest absolute Gasteiger partial charge is 0.389 e. The standard InChI is InChI=1S/C24H22N2O3S/c27-24-21-13-7-8-14-22(21)26(18-20-11-5-2-6-12-20)30(28,29)23(24)17-25-16-15-19-9-3-1-4-10-19/h1-14,17,25H,15-16,18H2/b23-17+. The van der Waals surface area contributed by atoms with Gasteiger partial charge in [-0.05, 0) is 29.7 Å². The number of allylic oxidation sites excluding steroid dienone is 1. The molecule has 0 saturated heterocycles. The normalized spacial score (nSPS) is 16.3. The molecule has 3 aromatic rings. The molecule has 0 spiro atoms. The Hall–Kier alpha value is -3.38. The Morgan fingerprint density at radius 3 is 2.10 bits per heavy atom. The van der Waals surface area contributed by atoms with Crippen LogP contribution in [-0.2, 0) is 23.0 Å². The highest BCUT2D eigenvalue weighted by molar-refractivity contribution is 7.97. The van der Waals surface area contributed by atoms with Crippen molar-refractivity contribution in [3.8, 4) is 0 Å². The van der Waals surface area contributed by atoms with Crippen LogP contribution in [0.3, 0.4) is 0 Å². The first-order valence-corrected chi connectivity index (χ1v) is 11.2. The van der Waals surface area contributed by atoms with E-state index >= 15 is 0 Å². The van der Waals surface area contributed by atoms with Gasteiger partial charge >= 0.3 is 0 Å². The van der Waals surface area contributed by atoms with E-state index in [0.717, 1.165) is 17.5 Å². The first kappa shape index (κ1) is 19.9. The number of nitrogens with one attached hydrogen (secondary N) is 1. The number of hydrogen-bond acceptors (Lipinski definition) is 4. The second-order valence-electron chi connectivity index (χ2n) is 7.04. The summed E-state index contributed by atoms with van der Waals surface area (Å²) < 4.78 is 28.0. The van der Waals surface area contributed by atoms with Crippen LogP contribution >= 0.6 is 0 Å². The average molecular weight is 419 g/mol. The van der Waals surface area contributed by atoms with E-state index in [-0.39, 0.29) is 11.4 Å². The van der Waals surface area contributed by atoms with Crippen LogP contribution in [0.25, 0.3) is 0 Å². The number of para-hydroxylation sites is 1. The Morgan fingerprint density at radius 2 is 1.40 bits per heavy atom. The molecule has 0 fully saturated rings. The lowest BCUT2D eigenvalue weighted by Crippen LogP contribution is -2.39. The van der Waals surface area contributed by atoms with Crippen molar-refractivity contribution in [3.05, 3.63) is 113 Å². The van der Waals surface area contributed by atoms with E-state index in [1.54, 1.807) is 24.3 Å². The van der Waals surface area contributed by atoms with E-state index in [0.29, 0.717) is 17.8 Å². The van der Waals surface area contributed by atoms with Crippen molar-refractivity contribution in [2.24, 2.45) is 0 Å². The molecule has 0 amide bonds. The van der Waals surface area contributed by atoms with Crippen LogP contribution in [0.1, 0.15) is 21.5 Å². The van der Waals surface area contributed by atoms with Gasteiger partial charge in [0.15, 0.2) is 4.91 Å². The molecule has 0 unspecified atom stereocenters. The number of Topliss-reactive ketones (excluding diaryl/α,β-unsaturated/α-hetero) is 1. The molecule has 6 heteroatoms. The fourth-order valence-corrected chi connectivity index (χ4v) is 5.02. The van der Waals surface area contributed by atoms with E-state index in [1.807, 2.05) is 60.7 Å². The molecule has 4 rings (SSSR count). The maximum Gasteiger partial charge on any atom is 0.270 e. The van der Waals surface area contributed by atoms with E-state index in [4.69, 9.17) is 0 Å². The topological polar surface area (TPSA) is 66.5 Å². The minimum atomic E-state index is -3.99. The van der Waals surface area contributed by atoms with E-state index in [1.165, 1.54) is 10.5 Å². The summed E-state index contributed by atoms with van der Waals surface area (Å²) in [5.41, 5.74) is 2.78. The van der Waals surface area contributed by atoms with Gasteiger partial charge < -0.3 is 5.32 Å². The number of benzene rings is 3. The Kier molecular flexibility index (Phi) is 5.68. The zero-order chi connectivity index (χ0) is 21.0. The van der Waals surface area contributed by atoms with Gasteiger partial charge in [-0.2, -0.15) is 0 Å². The van der Waals surface area contributed by atoms with Crippen LogP contribution in [0.5, 0.6) is 0 Å². The number of nitrogens with zero attached hydrogens (tertiary/aromatic N) is 1. The molecule has 0 aliphatic carbocycles. The molecular weight excluding hydrogens is 396 g/mol. The molecule has 1 heterocycles. The second kappa shape index (κ2) is 8.55. The zero-order valence-corrected chi connectivity index (χ0v) is 17.2. The van der Waals surface area contributed by atoms with Crippen molar-refractivity contribution < 1.29 is 13.2 Å². The van der Waals surface area contributed by atoms with Gasteiger partial charge in [-0.3, -0.25) is 9.10 Å². The van der Waals surface area contributed by atoms with Crippen LogP contribution in [0.2, 0.25) is 0 Å². The molecule has 0 saturated carbocycles. The summed E-state index contributed by atoms with van der Waals surface area (Å²) in [5.74, 6) is -0.484. The van der Waals surface area contributed by atoms with Crippen molar-refractivity contribution in [1.29, 1.82) is 0 Å². The van der Waals surface area contributed by atoms with Gasteiger partial charge in [0.1, 0.15) is 0 Å². The number of anilines is 1. The van der Waals surface area contributed by atoms with Crippen LogP contribution in [0.15, 0.2) is 96.0 Å². The quantitative estimate of drug-likeness (QED) is 0.487. The molecule has 1 N–H and O–H groups in total. The third kappa shape index (κ3) is 4.00. The average Bonchev–Trinajstić information content (AvgIpc) is 2.77. The van der Waals surface area contributed by atoms with Crippen LogP contribution in [-0.4, -0.2) is 20.7 Å². The molecule has 1 aliphatic rings. The number of carbonyl (C=O) groups excluding carboxylic acids is 1. The molecule has 5 nitrogen and oxygen atoms in total. The summed E-state index contributed by atoms with van der Waals surface area (Å²) in [5, 5.41) is 3.02. The molecule has 3 aromatic carbocycles. The molecule has 0 atom stereocenters. The molecule has 30 heavy (non-hydrogen) atoms. The fraction of sp³-hybridized carbons (Fsp3) is 0.125. The zero-order valence-electron chi connectivity index (χ0n) is 16.4.